The zero-order valence-corrected chi connectivity index (χ0v) is 10.6. The van der Waals surface area contributed by atoms with Crippen molar-refractivity contribution in [2.75, 3.05) is 33.4 Å². The Morgan fingerprint density at radius 1 is 1.22 bits per heavy atom. The summed E-state index contributed by atoms with van der Waals surface area (Å²) in [4.78, 5) is 33.6. The van der Waals surface area contributed by atoms with Gasteiger partial charge >= 0.3 is 0 Å². The molecule has 0 aliphatic rings. The van der Waals surface area contributed by atoms with E-state index in [0.717, 1.165) is 0 Å². The van der Waals surface area contributed by atoms with Gasteiger partial charge in [-0.3, -0.25) is 14.4 Å². The fraction of sp³-hybridized carbons (Fsp3) is 0.700. The minimum absolute atomic E-state index is 0.180. The Kier molecular flexibility index (Phi) is 8.50. The summed E-state index contributed by atoms with van der Waals surface area (Å²) in [6.07, 6.45) is 0. The number of carbonyl (C=O) groups is 3. The van der Waals surface area contributed by atoms with Gasteiger partial charge in [-0.25, -0.2) is 0 Å². The molecular weight excluding hydrogens is 240 g/mol. The molecule has 3 amide bonds. The van der Waals surface area contributed by atoms with Crippen LogP contribution >= 0.6 is 0 Å². The zero-order chi connectivity index (χ0) is 14.0. The normalized spacial score (nSPS) is 11.5. The predicted molar refractivity (Wildman–Crippen MR) is 64.6 cm³/mol. The van der Waals surface area contributed by atoms with E-state index in [9.17, 15) is 14.4 Å². The van der Waals surface area contributed by atoms with Crippen molar-refractivity contribution in [3.05, 3.63) is 0 Å². The van der Waals surface area contributed by atoms with Crippen molar-refractivity contribution in [3.63, 3.8) is 0 Å². The number of methoxy groups -OCH3 is 1. The van der Waals surface area contributed by atoms with Crippen LogP contribution in [-0.4, -0.2) is 57.1 Å². The molecule has 8 heteroatoms. The van der Waals surface area contributed by atoms with Crippen molar-refractivity contribution in [1.82, 2.24) is 16.0 Å². The molecule has 0 aromatic carbocycles. The number of ether oxygens (including phenoxy) is 1. The van der Waals surface area contributed by atoms with Gasteiger partial charge in [0, 0.05) is 13.7 Å². The lowest BCUT2D eigenvalue weighted by Crippen LogP contribution is -2.48. The van der Waals surface area contributed by atoms with Crippen LogP contribution in [0, 0.1) is 0 Å². The highest BCUT2D eigenvalue weighted by Gasteiger charge is 2.14. The van der Waals surface area contributed by atoms with Gasteiger partial charge in [-0.2, -0.15) is 0 Å². The molecule has 18 heavy (non-hydrogen) atoms. The highest BCUT2D eigenvalue weighted by atomic mass is 16.5. The first-order valence-electron chi connectivity index (χ1n) is 5.54. The summed E-state index contributed by atoms with van der Waals surface area (Å²) in [5, 5.41) is 7.32. The van der Waals surface area contributed by atoms with E-state index in [1.807, 2.05) is 0 Å². The van der Waals surface area contributed by atoms with Gasteiger partial charge in [-0.1, -0.05) is 0 Å². The molecule has 5 N–H and O–H groups in total. The molecule has 0 radical (unpaired) electrons. The van der Waals surface area contributed by atoms with Crippen molar-refractivity contribution >= 4 is 17.7 Å². The fourth-order valence-electron chi connectivity index (χ4n) is 1.04. The monoisotopic (exact) mass is 260 g/mol. The SMILES string of the molecule is COCCNC(=O)C(C)NC(=O)CNC(=O)CN. The Bertz CT molecular complexity index is 296. The van der Waals surface area contributed by atoms with Crippen LogP contribution in [0.4, 0.5) is 0 Å². The van der Waals surface area contributed by atoms with Crippen LogP contribution in [0.2, 0.25) is 0 Å². The third-order valence-electron chi connectivity index (χ3n) is 2.01. The topological polar surface area (TPSA) is 123 Å². The summed E-state index contributed by atoms with van der Waals surface area (Å²) in [6, 6.07) is -0.677. The number of hydrogen-bond acceptors (Lipinski definition) is 5. The molecule has 1 unspecified atom stereocenters. The molecule has 0 aliphatic heterocycles. The van der Waals surface area contributed by atoms with E-state index in [1.165, 1.54) is 7.11 Å². The first-order valence-corrected chi connectivity index (χ1v) is 5.54. The first kappa shape index (κ1) is 16.3. The van der Waals surface area contributed by atoms with Crippen LogP contribution in [0.25, 0.3) is 0 Å². The fourth-order valence-corrected chi connectivity index (χ4v) is 1.04. The van der Waals surface area contributed by atoms with Gasteiger partial charge < -0.3 is 26.4 Å². The second kappa shape index (κ2) is 9.37. The van der Waals surface area contributed by atoms with Gasteiger partial charge in [0.1, 0.15) is 6.04 Å². The second-order valence-electron chi connectivity index (χ2n) is 3.55. The highest BCUT2D eigenvalue weighted by molar-refractivity contribution is 5.90. The van der Waals surface area contributed by atoms with E-state index in [1.54, 1.807) is 6.92 Å². The number of rotatable bonds is 8. The van der Waals surface area contributed by atoms with Crippen LogP contribution in [-0.2, 0) is 19.1 Å². The molecule has 0 rings (SSSR count). The summed E-state index contributed by atoms with van der Waals surface area (Å²) in [5.41, 5.74) is 5.06. The smallest absolute Gasteiger partial charge is 0.242 e. The van der Waals surface area contributed by atoms with E-state index in [-0.39, 0.29) is 19.0 Å². The van der Waals surface area contributed by atoms with Crippen molar-refractivity contribution in [2.45, 2.75) is 13.0 Å². The lowest BCUT2D eigenvalue weighted by molar-refractivity contribution is -0.129. The van der Waals surface area contributed by atoms with E-state index in [0.29, 0.717) is 13.2 Å². The van der Waals surface area contributed by atoms with Crippen LogP contribution in [0.5, 0.6) is 0 Å². The van der Waals surface area contributed by atoms with Gasteiger partial charge in [-0.05, 0) is 6.92 Å². The maximum Gasteiger partial charge on any atom is 0.242 e. The molecule has 8 nitrogen and oxygen atoms in total. The molecular formula is C10H20N4O4. The minimum atomic E-state index is -0.677. The summed E-state index contributed by atoms with van der Waals surface area (Å²) in [6.45, 7) is 1.94. The molecule has 0 saturated carbocycles. The molecule has 0 bridgehead atoms. The Balaban J connectivity index is 3.84. The standard InChI is InChI=1S/C10H20N4O4/c1-7(10(17)12-3-4-18-2)14-9(16)6-13-8(15)5-11/h7H,3-6,11H2,1-2H3,(H,12,17)(H,13,15)(H,14,16). The molecule has 0 heterocycles. The maximum absolute atomic E-state index is 11.5. The van der Waals surface area contributed by atoms with Crippen molar-refractivity contribution < 1.29 is 19.1 Å². The number of nitrogens with one attached hydrogen (secondary N) is 3. The quantitative estimate of drug-likeness (QED) is 0.354. The van der Waals surface area contributed by atoms with Crippen molar-refractivity contribution in [3.8, 4) is 0 Å². The molecule has 0 spiro atoms. The molecule has 1 atom stereocenters. The van der Waals surface area contributed by atoms with Gasteiger partial charge in [0.25, 0.3) is 0 Å². The van der Waals surface area contributed by atoms with E-state index < -0.39 is 17.9 Å². The number of nitrogens with two attached hydrogens (primary N) is 1. The van der Waals surface area contributed by atoms with Crippen LogP contribution in [0.1, 0.15) is 6.92 Å². The number of hydrogen-bond donors (Lipinski definition) is 4. The summed E-state index contributed by atoms with van der Waals surface area (Å²) in [5.74, 6) is -1.20. The number of carbonyl (C=O) groups excluding carboxylic acids is 3. The highest BCUT2D eigenvalue weighted by Crippen LogP contribution is 1.82. The first-order chi connectivity index (χ1) is 8.51. The second-order valence-corrected chi connectivity index (χ2v) is 3.55. The van der Waals surface area contributed by atoms with E-state index in [4.69, 9.17) is 10.5 Å². The van der Waals surface area contributed by atoms with Gasteiger partial charge in [0.15, 0.2) is 0 Å². The lowest BCUT2D eigenvalue weighted by Gasteiger charge is -2.14. The van der Waals surface area contributed by atoms with E-state index >= 15 is 0 Å². The van der Waals surface area contributed by atoms with Crippen LogP contribution in [0.15, 0.2) is 0 Å². The summed E-state index contributed by atoms with van der Waals surface area (Å²) in [7, 11) is 1.53. The maximum atomic E-state index is 11.5. The van der Waals surface area contributed by atoms with Crippen LogP contribution in [0.3, 0.4) is 0 Å². The molecule has 104 valence electrons. The molecule has 0 fully saturated rings. The lowest BCUT2D eigenvalue weighted by atomic mass is 10.3. The third-order valence-corrected chi connectivity index (χ3v) is 2.01. The van der Waals surface area contributed by atoms with Gasteiger partial charge in [0.2, 0.25) is 17.7 Å². The van der Waals surface area contributed by atoms with Gasteiger partial charge in [-0.15, -0.1) is 0 Å². The summed E-state index contributed by atoms with van der Waals surface area (Å²) >= 11 is 0. The van der Waals surface area contributed by atoms with Crippen molar-refractivity contribution in [2.24, 2.45) is 5.73 Å². The molecule has 0 aromatic heterocycles. The average molecular weight is 260 g/mol. The Hall–Kier alpha value is -1.67. The average Bonchev–Trinajstić information content (AvgIpc) is 2.35. The zero-order valence-electron chi connectivity index (χ0n) is 10.6. The third kappa shape index (κ3) is 7.58. The molecule has 0 aliphatic carbocycles. The van der Waals surface area contributed by atoms with Gasteiger partial charge in [0.05, 0.1) is 19.7 Å². The number of amides is 3. The minimum Gasteiger partial charge on any atom is -0.383 e. The Labute approximate surface area is 106 Å². The van der Waals surface area contributed by atoms with Crippen LogP contribution < -0.4 is 21.7 Å². The van der Waals surface area contributed by atoms with Crippen molar-refractivity contribution in [1.29, 1.82) is 0 Å². The largest absolute Gasteiger partial charge is 0.383 e. The molecule has 0 saturated heterocycles. The predicted octanol–water partition coefficient (Wildman–Crippen LogP) is -2.67. The Morgan fingerprint density at radius 3 is 2.44 bits per heavy atom. The van der Waals surface area contributed by atoms with E-state index in [2.05, 4.69) is 16.0 Å². The molecule has 0 aromatic rings. The Morgan fingerprint density at radius 2 is 1.89 bits per heavy atom. The summed E-state index contributed by atoms with van der Waals surface area (Å²) < 4.78 is 4.77.